The zero-order valence-electron chi connectivity index (χ0n) is 9.45. The molecule has 0 amide bonds. The molecule has 1 aliphatic carbocycles. The average molecular weight is 220 g/mol. The quantitative estimate of drug-likeness (QED) is 0.849. The van der Waals surface area contributed by atoms with Gasteiger partial charge in [0.1, 0.15) is 5.75 Å². The first-order chi connectivity index (χ1) is 7.72. The van der Waals surface area contributed by atoms with E-state index in [0.29, 0.717) is 0 Å². The van der Waals surface area contributed by atoms with Gasteiger partial charge in [-0.2, -0.15) is 0 Å². The molecule has 0 fully saturated rings. The van der Waals surface area contributed by atoms with Gasteiger partial charge >= 0.3 is 5.97 Å². The molecule has 0 unspecified atom stereocenters. The lowest BCUT2D eigenvalue weighted by Crippen LogP contribution is -2.09. The van der Waals surface area contributed by atoms with Crippen LogP contribution in [0.2, 0.25) is 0 Å². The highest BCUT2D eigenvalue weighted by Crippen LogP contribution is 2.33. The van der Waals surface area contributed by atoms with E-state index < -0.39 is 5.97 Å². The van der Waals surface area contributed by atoms with Crippen molar-refractivity contribution >= 4 is 5.97 Å². The van der Waals surface area contributed by atoms with Crippen LogP contribution in [-0.4, -0.2) is 18.2 Å². The highest BCUT2D eigenvalue weighted by molar-refractivity contribution is 5.72. The van der Waals surface area contributed by atoms with Gasteiger partial charge in [0.2, 0.25) is 0 Å². The van der Waals surface area contributed by atoms with Crippen molar-refractivity contribution in [2.24, 2.45) is 0 Å². The van der Waals surface area contributed by atoms with Crippen LogP contribution in [-0.2, 0) is 24.1 Å². The van der Waals surface area contributed by atoms with Crippen LogP contribution in [0, 0.1) is 0 Å². The maximum Gasteiger partial charge on any atom is 0.307 e. The Morgan fingerprint density at radius 2 is 2.12 bits per heavy atom. The third-order valence-corrected chi connectivity index (χ3v) is 3.11. The molecule has 1 aromatic rings. The van der Waals surface area contributed by atoms with Crippen molar-refractivity contribution in [2.75, 3.05) is 7.11 Å². The number of carbonyl (C=O) groups is 1. The normalized spacial score (nSPS) is 14.3. The third-order valence-electron chi connectivity index (χ3n) is 3.11. The SMILES string of the molecule is COc1c(CC(=O)O)ccc2c1CCCC2. The first-order valence-corrected chi connectivity index (χ1v) is 5.62. The van der Waals surface area contributed by atoms with E-state index >= 15 is 0 Å². The number of fused-ring (bicyclic) bond motifs is 1. The monoisotopic (exact) mass is 220 g/mol. The number of rotatable bonds is 3. The van der Waals surface area contributed by atoms with Crippen LogP contribution < -0.4 is 4.74 Å². The molecule has 16 heavy (non-hydrogen) atoms. The van der Waals surface area contributed by atoms with E-state index in [0.717, 1.165) is 24.2 Å². The summed E-state index contributed by atoms with van der Waals surface area (Å²) in [6.07, 6.45) is 4.51. The molecule has 3 nitrogen and oxygen atoms in total. The van der Waals surface area contributed by atoms with Gasteiger partial charge in [-0.15, -0.1) is 0 Å². The van der Waals surface area contributed by atoms with Gasteiger partial charge < -0.3 is 9.84 Å². The Balaban J connectivity index is 2.43. The molecule has 0 saturated carbocycles. The van der Waals surface area contributed by atoms with E-state index in [1.807, 2.05) is 6.07 Å². The lowest BCUT2D eigenvalue weighted by molar-refractivity contribution is -0.136. The number of hydrogen-bond acceptors (Lipinski definition) is 2. The van der Waals surface area contributed by atoms with E-state index in [1.165, 1.54) is 24.0 Å². The maximum absolute atomic E-state index is 10.7. The van der Waals surface area contributed by atoms with Gasteiger partial charge in [0.15, 0.2) is 0 Å². The minimum Gasteiger partial charge on any atom is -0.496 e. The zero-order valence-corrected chi connectivity index (χ0v) is 9.45. The van der Waals surface area contributed by atoms with Crippen LogP contribution in [0.1, 0.15) is 29.5 Å². The fourth-order valence-electron chi connectivity index (χ4n) is 2.40. The first-order valence-electron chi connectivity index (χ1n) is 5.62. The molecule has 0 atom stereocenters. The maximum atomic E-state index is 10.7. The molecule has 1 aromatic carbocycles. The van der Waals surface area contributed by atoms with Gasteiger partial charge in [0.25, 0.3) is 0 Å². The summed E-state index contributed by atoms with van der Waals surface area (Å²) < 4.78 is 5.38. The van der Waals surface area contributed by atoms with Gasteiger partial charge in [-0.3, -0.25) is 4.79 Å². The summed E-state index contributed by atoms with van der Waals surface area (Å²) in [5, 5.41) is 8.84. The Hall–Kier alpha value is -1.51. The molecule has 0 bridgehead atoms. The number of ether oxygens (including phenoxy) is 1. The predicted octanol–water partition coefficient (Wildman–Crippen LogP) is 2.20. The fourth-order valence-corrected chi connectivity index (χ4v) is 2.40. The molecule has 0 spiro atoms. The molecule has 0 aromatic heterocycles. The van der Waals surface area contributed by atoms with E-state index in [-0.39, 0.29) is 6.42 Å². The van der Waals surface area contributed by atoms with Gasteiger partial charge in [0, 0.05) is 5.56 Å². The molecule has 86 valence electrons. The van der Waals surface area contributed by atoms with Crippen LogP contribution in [0.4, 0.5) is 0 Å². The predicted molar refractivity (Wildman–Crippen MR) is 61.0 cm³/mol. The summed E-state index contributed by atoms with van der Waals surface area (Å²) in [5.74, 6) is -0.0198. The third kappa shape index (κ3) is 2.03. The van der Waals surface area contributed by atoms with Crippen LogP contribution >= 0.6 is 0 Å². The van der Waals surface area contributed by atoms with E-state index in [2.05, 4.69) is 6.07 Å². The van der Waals surface area contributed by atoms with E-state index in [4.69, 9.17) is 9.84 Å². The lowest BCUT2D eigenvalue weighted by atomic mass is 9.89. The van der Waals surface area contributed by atoms with Gasteiger partial charge in [-0.25, -0.2) is 0 Å². The smallest absolute Gasteiger partial charge is 0.307 e. The molecule has 1 N–H and O–H groups in total. The Bertz CT molecular complexity index is 410. The molecule has 0 saturated heterocycles. The molecular formula is C13H16O3. The van der Waals surface area contributed by atoms with Gasteiger partial charge in [-0.05, 0) is 36.8 Å². The van der Waals surface area contributed by atoms with Crippen molar-refractivity contribution in [3.63, 3.8) is 0 Å². The number of hydrogen-bond donors (Lipinski definition) is 1. The van der Waals surface area contributed by atoms with Crippen molar-refractivity contribution in [3.8, 4) is 5.75 Å². The van der Waals surface area contributed by atoms with Gasteiger partial charge in [-0.1, -0.05) is 12.1 Å². The van der Waals surface area contributed by atoms with Crippen LogP contribution in [0.5, 0.6) is 5.75 Å². The largest absolute Gasteiger partial charge is 0.496 e. The highest BCUT2D eigenvalue weighted by Gasteiger charge is 2.18. The Labute approximate surface area is 95.0 Å². The average Bonchev–Trinajstić information content (AvgIpc) is 2.28. The molecule has 3 heteroatoms. The van der Waals surface area contributed by atoms with Crippen molar-refractivity contribution in [1.29, 1.82) is 0 Å². The Morgan fingerprint density at radius 1 is 1.38 bits per heavy atom. The number of benzene rings is 1. The number of aliphatic carboxylic acids is 1. The fraction of sp³-hybridized carbons (Fsp3) is 0.462. The number of carboxylic acid groups (broad SMARTS) is 1. The number of aryl methyl sites for hydroxylation is 1. The summed E-state index contributed by atoms with van der Waals surface area (Å²) in [6.45, 7) is 0. The molecule has 1 aliphatic rings. The van der Waals surface area contributed by atoms with Crippen molar-refractivity contribution in [3.05, 3.63) is 28.8 Å². The van der Waals surface area contributed by atoms with Crippen molar-refractivity contribution in [2.45, 2.75) is 32.1 Å². The second-order valence-corrected chi connectivity index (χ2v) is 4.17. The summed E-state index contributed by atoms with van der Waals surface area (Å²) in [7, 11) is 1.62. The topological polar surface area (TPSA) is 46.5 Å². The number of methoxy groups -OCH3 is 1. The van der Waals surface area contributed by atoms with Crippen molar-refractivity contribution in [1.82, 2.24) is 0 Å². The molecule has 0 aliphatic heterocycles. The van der Waals surface area contributed by atoms with E-state index in [1.54, 1.807) is 7.11 Å². The van der Waals surface area contributed by atoms with Gasteiger partial charge in [0.05, 0.1) is 13.5 Å². The summed E-state index contributed by atoms with van der Waals surface area (Å²) >= 11 is 0. The molecular weight excluding hydrogens is 204 g/mol. The standard InChI is InChI=1S/C13H16O3/c1-16-13-10(8-12(14)15)7-6-9-4-2-3-5-11(9)13/h6-7H,2-5,8H2,1H3,(H,14,15). The second kappa shape index (κ2) is 4.56. The minimum atomic E-state index is -0.811. The summed E-state index contributed by atoms with van der Waals surface area (Å²) in [4.78, 5) is 10.7. The second-order valence-electron chi connectivity index (χ2n) is 4.17. The Morgan fingerprint density at radius 3 is 2.81 bits per heavy atom. The minimum absolute atomic E-state index is 0.0381. The Kier molecular flexibility index (Phi) is 3.13. The van der Waals surface area contributed by atoms with Crippen LogP contribution in [0.15, 0.2) is 12.1 Å². The lowest BCUT2D eigenvalue weighted by Gasteiger charge is -2.20. The zero-order chi connectivity index (χ0) is 11.5. The van der Waals surface area contributed by atoms with E-state index in [9.17, 15) is 4.79 Å². The molecule has 0 heterocycles. The highest BCUT2D eigenvalue weighted by atomic mass is 16.5. The first kappa shape index (κ1) is 11.0. The molecule has 0 radical (unpaired) electrons. The van der Waals surface area contributed by atoms with Crippen LogP contribution in [0.3, 0.4) is 0 Å². The summed E-state index contributed by atoms with van der Waals surface area (Å²) in [6, 6.07) is 3.94. The molecule has 2 rings (SSSR count). The van der Waals surface area contributed by atoms with Crippen LogP contribution in [0.25, 0.3) is 0 Å². The summed E-state index contributed by atoms with van der Waals surface area (Å²) in [5.41, 5.74) is 3.32. The van der Waals surface area contributed by atoms with Crippen molar-refractivity contribution < 1.29 is 14.6 Å². The number of carboxylic acids is 1.